The smallest absolute Gasteiger partial charge is 0.226 e. The van der Waals surface area contributed by atoms with Crippen LogP contribution in [-0.4, -0.2) is 69.8 Å². The number of likely N-dealkylation sites (N-methyl/N-ethyl adjacent to an activating group) is 1. The monoisotopic (exact) mass is 490 g/mol. The Labute approximate surface area is 211 Å². The summed E-state index contributed by atoms with van der Waals surface area (Å²) in [5.74, 6) is 1.79. The van der Waals surface area contributed by atoms with Crippen molar-refractivity contribution < 1.29 is 24.2 Å². The second kappa shape index (κ2) is 7.07. The molecule has 1 aromatic carbocycles. The van der Waals surface area contributed by atoms with Gasteiger partial charge in [-0.2, -0.15) is 0 Å². The maximum atomic E-state index is 13.7. The van der Waals surface area contributed by atoms with Gasteiger partial charge >= 0.3 is 0 Å². The van der Waals surface area contributed by atoms with Crippen molar-refractivity contribution in [3.8, 4) is 11.5 Å². The zero-order valence-corrected chi connectivity index (χ0v) is 20.7. The maximum Gasteiger partial charge on any atom is 0.226 e. The standard InChI is InChI=1S/C29H34N2O5/c1-30(27(33)20-13-19(20)18-7-11-35-15-18)21-6-8-29(34)23-12-17-4-5-22(32)25-24(17)28(29,26(21)36-25)9-10-31(23)14-16-2-3-16/h4-5,7,11,15-16,19-21,23,26,32,34H,2-3,6,8-10,12-14H2,1H3/t19-,20+,21+,23+,26-,28-,29+/m0/s1. The van der Waals surface area contributed by atoms with Crippen molar-refractivity contribution >= 4 is 5.91 Å². The van der Waals surface area contributed by atoms with Crippen LogP contribution >= 0.6 is 0 Å². The van der Waals surface area contributed by atoms with E-state index in [-0.39, 0.29) is 41.7 Å². The SMILES string of the molecule is CN(C(=O)[C@@H]1C[C@H]1c1ccoc1)[C@@H]1CC[C@@]2(O)[C@H]3Cc4ccc(O)c5c4[C@@]2(CCN3CC2CC2)[C@H]1O5. The van der Waals surface area contributed by atoms with Crippen LogP contribution in [0.2, 0.25) is 0 Å². The molecule has 2 aromatic rings. The number of aromatic hydroxyl groups is 1. The molecule has 2 aliphatic heterocycles. The molecule has 0 unspecified atom stereocenters. The number of piperidine rings is 1. The molecule has 3 heterocycles. The number of benzene rings is 1. The third-order valence-corrected chi connectivity index (χ3v) is 10.7. The first-order chi connectivity index (χ1) is 17.4. The molecule has 1 saturated heterocycles. The van der Waals surface area contributed by atoms with Crippen LogP contribution in [0.4, 0.5) is 0 Å². The number of phenols is 1. The van der Waals surface area contributed by atoms with Crippen molar-refractivity contribution in [1.82, 2.24) is 9.80 Å². The zero-order valence-electron chi connectivity index (χ0n) is 20.7. The predicted molar refractivity (Wildman–Crippen MR) is 131 cm³/mol. The van der Waals surface area contributed by atoms with Gasteiger partial charge < -0.3 is 24.3 Å². The van der Waals surface area contributed by atoms with Gasteiger partial charge in [-0.1, -0.05) is 6.07 Å². The van der Waals surface area contributed by atoms with Crippen LogP contribution < -0.4 is 4.74 Å². The number of phenolic OH excluding ortho intramolecular Hbond substituents is 1. The minimum absolute atomic E-state index is 0.0295. The first kappa shape index (κ1) is 21.6. The predicted octanol–water partition coefficient (Wildman–Crippen LogP) is 3.18. The van der Waals surface area contributed by atoms with Crippen LogP contribution in [0.15, 0.2) is 35.1 Å². The van der Waals surface area contributed by atoms with E-state index in [1.807, 2.05) is 24.1 Å². The van der Waals surface area contributed by atoms with Crippen LogP contribution in [0, 0.1) is 11.8 Å². The van der Waals surface area contributed by atoms with E-state index in [1.165, 1.54) is 18.4 Å². The largest absolute Gasteiger partial charge is 0.504 e. The lowest BCUT2D eigenvalue weighted by molar-refractivity contribution is -0.200. The number of carbonyl (C=O) groups is 1. The van der Waals surface area contributed by atoms with Gasteiger partial charge in [-0.05, 0) is 86.6 Å². The molecule has 4 aliphatic carbocycles. The molecule has 6 aliphatic rings. The fraction of sp³-hybridized carbons (Fsp3) is 0.621. The molecule has 1 amide bonds. The lowest BCUT2D eigenvalue weighted by Gasteiger charge is -2.64. The van der Waals surface area contributed by atoms with Crippen LogP contribution in [0.3, 0.4) is 0 Å². The van der Waals surface area contributed by atoms with E-state index in [0.717, 1.165) is 49.4 Å². The van der Waals surface area contributed by atoms with E-state index in [9.17, 15) is 15.0 Å². The number of ether oxygens (including phenoxy) is 1. The highest BCUT2D eigenvalue weighted by Gasteiger charge is 2.73. The molecular weight excluding hydrogens is 456 g/mol. The Morgan fingerprint density at radius 3 is 2.86 bits per heavy atom. The molecule has 0 radical (unpaired) electrons. The topological polar surface area (TPSA) is 86.4 Å². The van der Waals surface area contributed by atoms with E-state index in [1.54, 1.807) is 18.6 Å². The first-order valence-corrected chi connectivity index (χ1v) is 13.7. The lowest BCUT2D eigenvalue weighted by Crippen LogP contribution is -2.78. The van der Waals surface area contributed by atoms with Gasteiger partial charge in [-0.3, -0.25) is 9.69 Å². The zero-order chi connectivity index (χ0) is 24.4. The molecule has 3 saturated carbocycles. The Morgan fingerprint density at radius 2 is 2.08 bits per heavy atom. The molecular formula is C29H34N2O5. The highest BCUT2D eigenvalue weighted by atomic mass is 16.5. The number of hydrogen-bond acceptors (Lipinski definition) is 6. The molecule has 4 fully saturated rings. The van der Waals surface area contributed by atoms with Crippen LogP contribution in [0.5, 0.6) is 11.5 Å². The summed E-state index contributed by atoms with van der Waals surface area (Å²) in [5, 5.41) is 23.5. The molecule has 7 heteroatoms. The molecule has 2 bridgehead atoms. The molecule has 7 nitrogen and oxygen atoms in total. The van der Waals surface area contributed by atoms with E-state index in [4.69, 9.17) is 9.15 Å². The summed E-state index contributed by atoms with van der Waals surface area (Å²) in [5.41, 5.74) is 1.79. The quantitative estimate of drug-likeness (QED) is 0.670. The highest BCUT2D eigenvalue weighted by Crippen LogP contribution is 2.66. The summed E-state index contributed by atoms with van der Waals surface area (Å²) < 4.78 is 11.9. The average Bonchev–Trinajstić information content (AvgIpc) is 3.76. The van der Waals surface area contributed by atoms with Crippen LogP contribution in [-0.2, 0) is 16.6 Å². The van der Waals surface area contributed by atoms with E-state index in [2.05, 4.69) is 4.90 Å². The molecule has 8 rings (SSSR count). The van der Waals surface area contributed by atoms with Crippen LogP contribution in [0.25, 0.3) is 0 Å². The Hall–Kier alpha value is -2.51. The molecule has 7 atom stereocenters. The fourth-order valence-electron chi connectivity index (χ4n) is 8.60. The normalized spacial score (nSPS) is 39.9. The van der Waals surface area contributed by atoms with Crippen LogP contribution in [0.1, 0.15) is 61.1 Å². The van der Waals surface area contributed by atoms with Crippen molar-refractivity contribution in [2.45, 2.75) is 80.1 Å². The van der Waals surface area contributed by atoms with Crippen molar-refractivity contribution in [2.75, 3.05) is 20.1 Å². The van der Waals surface area contributed by atoms with Gasteiger partial charge in [-0.25, -0.2) is 0 Å². The Balaban J connectivity index is 1.17. The van der Waals surface area contributed by atoms with Gasteiger partial charge in [0, 0.05) is 31.1 Å². The number of furan rings is 1. The summed E-state index contributed by atoms with van der Waals surface area (Å²) in [6, 6.07) is 5.65. The van der Waals surface area contributed by atoms with Gasteiger partial charge in [0.2, 0.25) is 5.91 Å². The summed E-state index contributed by atoms with van der Waals surface area (Å²) in [7, 11) is 1.91. The summed E-state index contributed by atoms with van der Waals surface area (Å²) >= 11 is 0. The van der Waals surface area contributed by atoms with Crippen molar-refractivity contribution in [3.05, 3.63) is 47.4 Å². The average molecular weight is 491 g/mol. The van der Waals surface area contributed by atoms with Crippen molar-refractivity contribution in [3.63, 3.8) is 0 Å². The minimum Gasteiger partial charge on any atom is -0.504 e. The summed E-state index contributed by atoms with van der Waals surface area (Å²) in [6.45, 7) is 1.99. The van der Waals surface area contributed by atoms with Gasteiger partial charge in [0.1, 0.15) is 6.10 Å². The molecule has 36 heavy (non-hydrogen) atoms. The Morgan fingerprint density at radius 1 is 1.22 bits per heavy atom. The third-order valence-electron chi connectivity index (χ3n) is 10.7. The number of aliphatic hydroxyl groups is 1. The fourth-order valence-corrected chi connectivity index (χ4v) is 8.60. The number of nitrogens with zero attached hydrogens (tertiary/aromatic N) is 2. The van der Waals surface area contributed by atoms with E-state index < -0.39 is 11.0 Å². The highest BCUT2D eigenvalue weighted by molar-refractivity contribution is 5.83. The maximum absolute atomic E-state index is 13.7. The Bertz CT molecular complexity index is 1240. The number of rotatable bonds is 5. The summed E-state index contributed by atoms with van der Waals surface area (Å²) in [6.07, 6.45) is 9.42. The van der Waals surface area contributed by atoms with Gasteiger partial charge in [0.15, 0.2) is 11.5 Å². The summed E-state index contributed by atoms with van der Waals surface area (Å²) in [4.78, 5) is 18.1. The first-order valence-electron chi connectivity index (χ1n) is 13.7. The number of likely N-dealkylation sites (tertiary alicyclic amines) is 1. The lowest BCUT2D eigenvalue weighted by atomic mass is 9.48. The van der Waals surface area contributed by atoms with Crippen molar-refractivity contribution in [2.24, 2.45) is 11.8 Å². The van der Waals surface area contributed by atoms with E-state index >= 15 is 0 Å². The number of hydrogen-bond donors (Lipinski definition) is 2. The molecule has 1 aromatic heterocycles. The van der Waals surface area contributed by atoms with Gasteiger partial charge in [0.05, 0.1) is 29.6 Å². The third kappa shape index (κ3) is 2.63. The number of carbonyl (C=O) groups excluding carboxylic acids is 1. The second-order valence-electron chi connectivity index (χ2n) is 12.4. The second-order valence-corrected chi connectivity index (χ2v) is 12.4. The molecule has 190 valence electrons. The number of amides is 1. The Kier molecular flexibility index (Phi) is 4.24. The van der Waals surface area contributed by atoms with E-state index in [0.29, 0.717) is 18.6 Å². The van der Waals surface area contributed by atoms with Crippen molar-refractivity contribution in [1.29, 1.82) is 0 Å². The van der Waals surface area contributed by atoms with Gasteiger partial charge in [0.25, 0.3) is 0 Å². The molecule has 1 spiro atoms. The van der Waals surface area contributed by atoms with Gasteiger partial charge in [-0.15, -0.1) is 0 Å². The molecule has 2 N–H and O–H groups in total. The minimum atomic E-state index is -0.920.